The van der Waals surface area contributed by atoms with Gasteiger partial charge in [-0.25, -0.2) is 4.98 Å². The van der Waals surface area contributed by atoms with E-state index in [2.05, 4.69) is 20.5 Å². The van der Waals surface area contributed by atoms with Crippen molar-refractivity contribution in [3.63, 3.8) is 0 Å². The van der Waals surface area contributed by atoms with Crippen molar-refractivity contribution >= 4 is 17.3 Å². The lowest BCUT2D eigenvalue weighted by atomic mass is 10.3. The maximum atomic E-state index is 10.7. The first-order chi connectivity index (χ1) is 9.10. The molecule has 0 amide bonds. The second-order valence-corrected chi connectivity index (χ2v) is 3.78. The van der Waals surface area contributed by atoms with Gasteiger partial charge in [0, 0.05) is 6.54 Å². The van der Waals surface area contributed by atoms with E-state index in [9.17, 15) is 10.1 Å². The van der Waals surface area contributed by atoms with Gasteiger partial charge in [0.25, 0.3) is 5.69 Å². The van der Waals surface area contributed by atoms with Crippen molar-refractivity contribution in [2.75, 3.05) is 11.1 Å². The maximum absolute atomic E-state index is 10.7. The van der Waals surface area contributed by atoms with Crippen LogP contribution in [0.5, 0.6) is 0 Å². The molecule has 9 heteroatoms. The van der Waals surface area contributed by atoms with Crippen molar-refractivity contribution < 1.29 is 4.92 Å². The number of nitrogens with zero attached hydrogens (tertiary/aromatic N) is 5. The molecule has 9 nitrogen and oxygen atoms in total. The van der Waals surface area contributed by atoms with Gasteiger partial charge in [-0.05, 0) is 6.92 Å². The van der Waals surface area contributed by atoms with E-state index in [1.807, 2.05) is 11.5 Å². The van der Waals surface area contributed by atoms with Crippen molar-refractivity contribution in [2.24, 2.45) is 0 Å². The van der Waals surface area contributed by atoms with E-state index in [-0.39, 0.29) is 11.5 Å². The number of nitrogen functional groups attached to an aromatic ring is 1. The molecule has 19 heavy (non-hydrogen) atoms. The molecule has 0 atom stereocenters. The van der Waals surface area contributed by atoms with Gasteiger partial charge in [-0.1, -0.05) is 0 Å². The molecule has 0 radical (unpaired) electrons. The summed E-state index contributed by atoms with van der Waals surface area (Å²) in [5.41, 5.74) is 5.41. The molecule has 0 aliphatic rings. The fraction of sp³-hybridized carbons (Fsp3) is 0.300. The van der Waals surface area contributed by atoms with Crippen LogP contribution in [0, 0.1) is 10.1 Å². The highest BCUT2D eigenvalue weighted by Gasteiger charge is 2.10. The lowest BCUT2D eigenvalue weighted by Gasteiger charge is -2.06. The minimum Gasteiger partial charge on any atom is -0.383 e. The molecule has 2 heterocycles. The Morgan fingerprint density at radius 1 is 1.53 bits per heavy atom. The first kappa shape index (κ1) is 12.7. The van der Waals surface area contributed by atoms with Gasteiger partial charge >= 0.3 is 0 Å². The molecule has 0 fully saturated rings. The second kappa shape index (κ2) is 5.29. The summed E-state index contributed by atoms with van der Waals surface area (Å²) in [7, 11) is 0. The summed E-state index contributed by atoms with van der Waals surface area (Å²) in [6.07, 6.45) is 1.62. The van der Waals surface area contributed by atoms with Gasteiger partial charge in [-0.3, -0.25) is 10.1 Å². The van der Waals surface area contributed by atoms with Crippen LogP contribution in [0.4, 0.5) is 17.3 Å². The van der Waals surface area contributed by atoms with Gasteiger partial charge in [-0.2, -0.15) is 0 Å². The van der Waals surface area contributed by atoms with Crippen LogP contribution in [-0.4, -0.2) is 24.7 Å². The zero-order valence-electron chi connectivity index (χ0n) is 10.3. The molecule has 0 aliphatic heterocycles. The number of hydrogen-bond acceptors (Lipinski definition) is 7. The number of rotatable bonds is 5. The minimum atomic E-state index is -0.516. The Morgan fingerprint density at radius 2 is 2.32 bits per heavy atom. The molecule has 0 spiro atoms. The quantitative estimate of drug-likeness (QED) is 0.603. The lowest BCUT2D eigenvalue weighted by Crippen LogP contribution is -2.09. The molecule has 100 valence electrons. The Morgan fingerprint density at radius 3 is 3.00 bits per heavy atom. The zero-order chi connectivity index (χ0) is 13.8. The molecule has 0 bridgehead atoms. The van der Waals surface area contributed by atoms with Gasteiger partial charge in [0.1, 0.15) is 18.0 Å². The molecule has 0 saturated carbocycles. The number of anilines is 2. The summed E-state index contributed by atoms with van der Waals surface area (Å²) in [6.45, 7) is 3.08. The van der Waals surface area contributed by atoms with Crippen LogP contribution in [0.2, 0.25) is 0 Å². The molecular formula is C10H13N7O2. The maximum Gasteiger partial charge on any atom is 0.276 e. The third-order valence-corrected chi connectivity index (χ3v) is 2.50. The highest BCUT2D eigenvalue weighted by Crippen LogP contribution is 2.18. The average Bonchev–Trinajstić information content (AvgIpc) is 2.83. The minimum absolute atomic E-state index is 0.0914. The van der Waals surface area contributed by atoms with Crippen LogP contribution in [0.1, 0.15) is 12.7 Å². The van der Waals surface area contributed by atoms with Gasteiger partial charge in [0.05, 0.1) is 23.6 Å². The Bertz CT molecular complexity index is 595. The smallest absolute Gasteiger partial charge is 0.276 e. The average molecular weight is 263 g/mol. The van der Waals surface area contributed by atoms with Gasteiger partial charge in [-0.15, -0.1) is 10.2 Å². The largest absolute Gasteiger partial charge is 0.383 e. The van der Waals surface area contributed by atoms with E-state index in [0.29, 0.717) is 12.4 Å². The molecule has 3 N–H and O–H groups in total. The topological polar surface area (TPSA) is 125 Å². The number of nitrogens with one attached hydrogen (secondary N) is 1. The van der Waals surface area contributed by atoms with Gasteiger partial charge in [0.2, 0.25) is 0 Å². The first-order valence-electron chi connectivity index (χ1n) is 5.62. The van der Waals surface area contributed by atoms with Gasteiger partial charge < -0.3 is 15.6 Å². The third kappa shape index (κ3) is 2.94. The van der Waals surface area contributed by atoms with Crippen molar-refractivity contribution in [2.45, 2.75) is 20.0 Å². The van der Waals surface area contributed by atoms with Crippen LogP contribution in [0.15, 0.2) is 18.5 Å². The third-order valence-electron chi connectivity index (χ3n) is 2.50. The Kier molecular flexibility index (Phi) is 3.55. The summed E-state index contributed by atoms with van der Waals surface area (Å²) < 4.78 is 1.85. The van der Waals surface area contributed by atoms with E-state index in [1.54, 1.807) is 6.33 Å². The zero-order valence-corrected chi connectivity index (χ0v) is 10.3. The number of nitro groups is 1. The Balaban J connectivity index is 2.13. The summed E-state index contributed by atoms with van der Waals surface area (Å²) in [4.78, 5) is 14.2. The van der Waals surface area contributed by atoms with Crippen molar-refractivity contribution in [1.29, 1.82) is 0 Å². The number of hydrogen-bond donors (Lipinski definition) is 2. The van der Waals surface area contributed by atoms with E-state index in [4.69, 9.17) is 5.73 Å². The van der Waals surface area contributed by atoms with E-state index in [1.165, 1.54) is 12.1 Å². The molecule has 0 aliphatic carbocycles. The summed E-state index contributed by atoms with van der Waals surface area (Å²) in [5.74, 6) is 1.14. The molecule has 0 saturated heterocycles. The van der Waals surface area contributed by atoms with Crippen LogP contribution >= 0.6 is 0 Å². The van der Waals surface area contributed by atoms with Gasteiger partial charge in [0.15, 0.2) is 5.82 Å². The summed E-state index contributed by atoms with van der Waals surface area (Å²) in [6, 6.07) is 2.53. The number of aryl methyl sites for hydroxylation is 1. The summed E-state index contributed by atoms with van der Waals surface area (Å²) >= 11 is 0. The number of pyridine rings is 1. The predicted molar refractivity (Wildman–Crippen MR) is 68.3 cm³/mol. The van der Waals surface area contributed by atoms with Crippen LogP contribution in [0.25, 0.3) is 0 Å². The molecule has 2 aromatic heterocycles. The normalized spacial score (nSPS) is 10.4. The predicted octanol–water partition coefficient (Wildman–Crippen LogP) is 0.796. The van der Waals surface area contributed by atoms with Crippen LogP contribution in [-0.2, 0) is 13.1 Å². The Labute approximate surface area is 108 Å². The van der Waals surface area contributed by atoms with Crippen LogP contribution < -0.4 is 11.1 Å². The fourth-order valence-electron chi connectivity index (χ4n) is 1.58. The lowest BCUT2D eigenvalue weighted by molar-refractivity contribution is -0.384. The number of aromatic nitrogens is 4. The highest BCUT2D eigenvalue weighted by atomic mass is 16.6. The fourth-order valence-corrected chi connectivity index (χ4v) is 1.58. The van der Waals surface area contributed by atoms with Crippen molar-refractivity contribution in [3.05, 3.63) is 34.4 Å². The number of nitrogens with two attached hydrogens (primary N) is 1. The summed E-state index contributed by atoms with van der Waals surface area (Å²) in [5, 5.41) is 21.4. The standard InChI is InChI=1S/C10H13N7O2/c1-2-16-6-13-15-10(16)5-12-9-4-7(17(18)19)3-8(11)14-9/h3-4,6H,2,5H2,1H3,(H3,11,12,14). The molecular weight excluding hydrogens is 250 g/mol. The van der Waals surface area contributed by atoms with Crippen LogP contribution in [0.3, 0.4) is 0 Å². The highest BCUT2D eigenvalue weighted by molar-refractivity contribution is 5.52. The van der Waals surface area contributed by atoms with E-state index in [0.717, 1.165) is 12.4 Å². The van der Waals surface area contributed by atoms with Crippen molar-refractivity contribution in [3.8, 4) is 0 Å². The molecule has 0 unspecified atom stereocenters. The van der Waals surface area contributed by atoms with E-state index >= 15 is 0 Å². The second-order valence-electron chi connectivity index (χ2n) is 3.78. The molecule has 2 rings (SSSR count). The first-order valence-corrected chi connectivity index (χ1v) is 5.62. The van der Waals surface area contributed by atoms with Crippen molar-refractivity contribution in [1.82, 2.24) is 19.7 Å². The van der Waals surface area contributed by atoms with E-state index < -0.39 is 4.92 Å². The Hall–Kier alpha value is -2.71. The monoisotopic (exact) mass is 263 g/mol. The molecule has 2 aromatic rings. The molecule has 0 aromatic carbocycles. The SMILES string of the molecule is CCn1cnnc1CNc1cc([N+](=O)[O-])cc(N)n1.